The number of hydrogen-bond acceptors (Lipinski definition) is 1. The molecule has 0 aliphatic carbocycles. The van der Waals surface area contributed by atoms with Crippen molar-refractivity contribution < 1.29 is 0 Å². The molecule has 0 fully saturated rings. The van der Waals surface area contributed by atoms with E-state index in [9.17, 15) is 0 Å². The Balaban J connectivity index is 6.76. The zero-order valence-electron chi connectivity index (χ0n) is 27.1. The number of hydrogen-bond donors (Lipinski definition) is 0. The second-order valence-corrected chi connectivity index (χ2v) is 23.8. The van der Waals surface area contributed by atoms with E-state index in [-0.39, 0.29) is 0 Å². The van der Waals surface area contributed by atoms with Gasteiger partial charge in [-0.2, -0.15) is 0 Å². The molecule has 0 unspecified atom stereocenters. The maximum absolute atomic E-state index is 3.50. The molecule has 35 heavy (non-hydrogen) atoms. The van der Waals surface area contributed by atoms with Gasteiger partial charge in [0.15, 0.2) is 0 Å². The fourth-order valence-corrected chi connectivity index (χ4v) is 26.1. The van der Waals surface area contributed by atoms with E-state index in [0.29, 0.717) is 0 Å². The van der Waals surface area contributed by atoms with E-state index in [1.54, 1.807) is 0 Å². The number of unbranched alkanes of at least 4 members (excludes halogenated alkanes) is 5. The molecule has 0 heterocycles. The third kappa shape index (κ3) is 14.2. The summed E-state index contributed by atoms with van der Waals surface area (Å²) in [5.74, 6) is 4.89. The summed E-state index contributed by atoms with van der Waals surface area (Å²) in [5.41, 5.74) is 0. The molecule has 0 aromatic carbocycles. The van der Waals surface area contributed by atoms with Crippen LogP contribution in [0.2, 0.25) is 36.3 Å². The van der Waals surface area contributed by atoms with E-state index in [0.717, 1.165) is 35.5 Å². The number of nitrogens with zero attached hydrogens (tertiary/aromatic N) is 1. The summed E-state index contributed by atoms with van der Waals surface area (Å²) in [6.45, 7) is 34.1. The van der Waals surface area contributed by atoms with Crippen LogP contribution in [0.1, 0.15) is 129 Å². The fourth-order valence-electron chi connectivity index (χ4n) is 7.75. The molecular weight excluding hydrogens is 455 g/mol. The second-order valence-electron chi connectivity index (χ2n) is 15.0. The van der Waals surface area contributed by atoms with Crippen LogP contribution in [0.4, 0.5) is 0 Å². The average molecular weight is 526 g/mol. The highest BCUT2D eigenvalue weighted by atomic mass is 28.4. The maximum atomic E-state index is 3.50. The van der Waals surface area contributed by atoms with Crippen molar-refractivity contribution in [2.45, 2.75) is 165 Å². The Labute approximate surface area is 227 Å². The van der Waals surface area contributed by atoms with Crippen LogP contribution in [0.25, 0.3) is 0 Å². The van der Waals surface area contributed by atoms with Crippen LogP contribution >= 0.6 is 0 Å². The Morgan fingerprint density at radius 3 is 0.914 bits per heavy atom. The molecule has 0 aliphatic rings. The molecule has 0 saturated carbocycles. The zero-order chi connectivity index (χ0) is 27.2. The normalized spacial score (nSPS) is 13.7. The molecular formula is C32H71NSi2. The number of rotatable bonds is 21. The van der Waals surface area contributed by atoms with Gasteiger partial charge in [-0.3, -0.25) is 0 Å². The summed E-state index contributed by atoms with van der Waals surface area (Å²) in [7, 11) is -3.26. The maximum Gasteiger partial charge on any atom is 0.122 e. The highest BCUT2D eigenvalue weighted by molar-refractivity contribution is 6.93. The molecule has 0 bridgehead atoms. The van der Waals surface area contributed by atoms with Crippen LogP contribution in [-0.2, 0) is 0 Å². The predicted octanol–water partition coefficient (Wildman–Crippen LogP) is 11.5. The minimum Gasteiger partial charge on any atom is -0.345 e. The molecule has 0 rings (SSSR count). The molecule has 0 N–H and O–H groups in total. The van der Waals surface area contributed by atoms with E-state index in [2.05, 4.69) is 94.2 Å². The van der Waals surface area contributed by atoms with Crippen molar-refractivity contribution in [1.82, 2.24) is 4.23 Å². The molecule has 0 radical (unpaired) electrons. The van der Waals surface area contributed by atoms with E-state index >= 15 is 0 Å². The van der Waals surface area contributed by atoms with Gasteiger partial charge in [0.05, 0.1) is 0 Å². The van der Waals surface area contributed by atoms with Crippen molar-refractivity contribution in [3.05, 3.63) is 0 Å². The van der Waals surface area contributed by atoms with Gasteiger partial charge in [-0.25, -0.2) is 0 Å². The first-order chi connectivity index (χ1) is 16.2. The third-order valence-electron chi connectivity index (χ3n) is 7.61. The lowest BCUT2D eigenvalue weighted by Crippen LogP contribution is -2.69. The van der Waals surface area contributed by atoms with Gasteiger partial charge in [0.1, 0.15) is 16.5 Å². The molecule has 0 atom stereocenters. The van der Waals surface area contributed by atoms with Crippen LogP contribution in [0.3, 0.4) is 0 Å². The smallest absolute Gasteiger partial charge is 0.122 e. The molecule has 212 valence electrons. The highest BCUT2D eigenvalue weighted by Crippen LogP contribution is 2.44. The summed E-state index contributed by atoms with van der Waals surface area (Å²) < 4.78 is 3.50. The van der Waals surface area contributed by atoms with Gasteiger partial charge in [-0.1, -0.05) is 122 Å². The Morgan fingerprint density at radius 2 is 0.657 bits per heavy atom. The van der Waals surface area contributed by atoms with Crippen LogP contribution in [0, 0.1) is 35.5 Å². The van der Waals surface area contributed by atoms with Crippen molar-refractivity contribution in [2.75, 3.05) is 6.54 Å². The van der Waals surface area contributed by atoms with E-state index < -0.39 is 16.5 Å². The summed E-state index contributed by atoms with van der Waals surface area (Å²) in [4.78, 5) is 0. The molecule has 0 spiro atoms. The van der Waals surface area contributed by atoms with Gasteiger partial charge in [-0.05, 0) is 84.7 Å². The minimum absolute atomic E-state index is 0.815. The lowest BCUT2D eigenvalue weighted by molar-refractivity contribution is 0.464. The Kier molecular flexibility index (Phi) is 18.0. The Morgan fingerprint density at radius 1 is 0.400 bits per heavy atom. The molecule has 1 nitrogen and oxygen atoms in total. The lowest BCUT2D eigenvalue weighted by Gasteiger charge is -2.57. The fraction of sp³-hybridized carbons (Fsp3) is 1.00. The highest BCUT2D eigenvalue weighted by Gasteiger charge is 2.51. The lowest BCUT2D eigenvalue weighted by atomic mass is 10.1. The quantitative estimate of drug-likeness (QED) is 0.106. The summed E-state index contributed by atoms with van der Waals surface area (Å²) >= 11 is 0. The molecule has 0 aromatic heterocycles. The van der Waals surface area contributed by atoms with Crippen molar-refractivity contribution in [2.24, 2.45) is 35.5 Å². The van der Waals surface area contributed by atoms with Gasteiger partial charge in [-0.15, -0.1) is 0 Å². The Bertz CT molecular complexity index is 419. The molecule has 3 heteroatoms. The van der Waals surface area contributed by atoms with Gasteiger partial charge < -0.3 is 4.23 Å². The van der Waals surface area contributed by atoms with Crippen molar-refractivity contribution in [1.29, 1.82) is 0 Å². The van der Waals surface area contributed by atoms with Gasteiger partial charge in [0.25, 0.3) is 0 Å². The van der Waals surface area contributed by atoms with Crippen molar-refractivity contribution >= 4 is 16.5 Å². The molecule has 0 aromatic rings. The second kappa shape index (κ2) is 17.8. The van der Waals surface area contributed by atoms with Crippen LogP contribution in [0.15, 0.2) is 0 Å². The SMILES string of the molecule is CCCCCCCCN([Si](CC(C)C)(CC(C)C)CC(C)C)[Si](CC(C)C)(CC(C)C)CC(C)C. The van der Waals surface area contributed by atoms with Gasteiger partial charge in [0.2, 0.25) is 0 Å². The van der Waals surface area contributed by atoms with Crippen LogP contribution in [-0.4, -0.2) is 27.2 Å². The minimum atomic E-state index is -1.63. The predicted molar refractivity (Wildman–Crippen MR) is 169 cm³/mol. The van der Waals surface area contributed by atoms with Crippen LogP contribution < -0.4 is 0 Å². The first kappa shape index (κ1) is 35.4. The summed E-state index contributed by atoms with van der Waals surface area (Å²) in [6.07, 6.45) is 8.55. The summed E-state index contributed by atoms with van der Waals surface area (Å²) in [5, 5.41) is 0. The third-order valence-corrected chi connectivity index (χ3v) is 22.7. The Hall–Kier alpha value is 0.394. The topological polar surface area (TPSA) is 3.24 Å². The van der Waals surface area contributed by atoms with E-state index in [1.807, 2.05) is 0 Å². The van der Waals surface area contributed by atoms with Crippen molar-refractivity contribution in [3.63, 3.8) is 0 Å². The standard InChI is InChI=1S/C32H71NSi2/c1-14-15-16-17-18-19-20-33(34(21-27(2)3,22-28(4)5)23-29(6)7)35(24-30(8)9,25-31(10)11)26-32(12)13/h27-32H,14-26H2,1-13H3. The van der Waals surface area contributed by atoms with Crippen molar-refractivity contribution in [3.8, 4) is 0 Å². The monoisotopic (exact) mass is 526 g/mol. The first-order valence-corrected chi connectivity index (χ1v) is 21.1. The average Bonchev–Trinajstić information content (AvgIpc) is 2.63. The van der Waals surface area contributed by atoms with Gasteiger partial charge in [0, 0.05) is 0 Å². The van der Waals surface area contributed by atoms with E-state index in [1.165, 1.54) is 81.3 Å². The molecule has 0 saturated heterocycles. The molecule has 0 amide bonds. The summed E-state index contributed by atoms with van der Waals surface area (Å²) in [6, 6.07) is 9.10. The largest absolute Gasteiger partial charge is 0.345 e. The first-order valence-electron chi connectivity index (χ1n) is 16.0. The van der Waals surface area contributed by atoms with Gasteiger partial charge >= 0.3 is 0 Å². The molecule has 0 aliphatic heterocycles. The van der Waals surface area contributed by atoms with Crippen LogP contribution in [0.5, 0.6) is 0 Å². The zero-order valence-corrected chi connectivity index (χ0v) is 29.1. The van der Waals surface area contributed by atoms with E-state index in [4.69, 9.17) is 0 Å².